The van der Waals surface area contributed by atoms with Crippen LogP contribution in [0.2, 0.25) is 0 Å². The van der Waals surface area contributed by atoms with Crippen LogP contribution in [-0.2, 0) is 6.54 Å². The van der Waals surface area contributed by atoms with E-state index >= 15 is 0 Å². The smallest absolute Gasteiger partial charge is 0.119 e. The molecule has 2 N–H and O–H groups in total. The summed E-state index contributed by atoms with van der Waals surface area (Å²) in [5, 5.41) is 12.7. The molecule has 0 saturated heterocycles. The maximum atomic E-state index is 9.24. The topological polar surface area (TPSA) is 41.5 Å². The van der Waals surface area contributed by atoms with Gasteiger partial charge < -0.3 is 15.2 Å². The second-order valence-electron chi connectivity index (χ2n) is 6.11. The summed E-state index contributed by atoms with van der Waals surface area (Å²) in [4.78, 5) is 0. The van der Waals surface area contributed by atoms with Crippen LogP contribution in [0.15, 0.2) is 24.3 Å². The molecule has 1 aliphatic carbocycles. The highest BCUT2D eigenvalue weighted by Gasteiger charge is 2.41. The van der Waals surface area contributed by atoms with Gasteiger partial charge in [-0.05, 0) is 36.5 Å². The van der Waals surface area contributed by atoms with Gasteiger partial charge >= 0.3 is 0 Å². The average molecular weight is 263 g/mol. The number of aliphatic hydroxyl groups is 1. The van der Waals surface area contributed by atoms with E-state index in [4.69, 9.17) is 4.74 Å². The van der Waals surface area contributed by atoms with Gasteiger partial charge in [-0.3, -0.25) is 0 Å². The van der Waals surface area contributed by atoms with Crippen LogP contribution >= 0.6 is 0 Å². The van der Waals surface area contributed by atoms with E-state index in [0.717, 1.165) is 38.3 Å². The molecule has 2 rings (SSSR count). The monoisotopic (exact) mass is 263 g/mol. The van der Waals surface area contributed by atoms with Crippen LogP contribution in [0.1, 0.15) is 32.3 Å². The molecule has 1 aromatic rings. The fraction of sp³-hybridized carbons (Fsp3) is 0.625. The largest absolute Gasteiger partial charge is 0.493 e. The summed E-state index contributed by atoms with van der Waals surface area (Å²) in [7, 11) is 0. The first-order chi connectivity index (χ1) is 9.13. The van der Waals surface area contributed by atoms with E-state index in [2.05, 4.69) is 31.3 Å². The van der Waals surface area contributed by atoms with E-state index in [1.54, 1.807) is 0 Å². The van der Waals surface area contributed by atoms with Gasteiger partial charge in [0.05, 0.1) is 6.61 Å². The fourth-order valence-corrected chi connectivity index (χ4v) is 2.01. The number of hydrogen-bond acceptors (Lipinski definition) is 3. The van der Waals surface area contributed by atoms with Crippen molar-refractivity contribution in [1.29, 1.82) is 0 Å². The van der Waals surface area contributed by atoms with Crippen molar-refractivity contribution in [3.8, 4) is 5.75 Å². The summed E-state index contributed by atoms with van der Waals surface area (Å²) < 4.78 is 5.66. The number of rotatable bonds is 8. The molecular weight excluding hydrogens is 238 g/mol. The van der Waals surface area contributed by atoms with Crippen molar-refractivity contribution in [3.63, 3.8) is 0 Å². The zero-order valence-corrected chi connectivity index (χ0v) is 12.0. The summed E-state index contributed by atoms with van der Waals surface area (Å²) in [6, 6.07) is 8.25. The molecule has 0 radical (unpaired) electrons. The van der Waals surface area contributed by atoms with Crippen molar-refractivity contribution < 1.29 is 9.84 Å². The van der Waals surface area contributed by atoms with Gasteiger partial charge in [0, 0.05) is 25.1 Å². The van der Waals surface area contributed by atoms with E-state index in [1.807, 2.05) is 12.1 Å². The molecule has 0 aliphatic heterocycles. The second kappa shape index (κ2) is 6.40. The Balaban J connectivity index is 1.72. The summed E-state index contributed by atoms with van der Waals surface area (Å²) in [6.45, 7) is 7.13. The molecule has 1 saturated carbocycles. The first kappa shape index (κ1) is 14.4. The maximum absolute atomic E-state index is 9.24. The minimum Gasteiger partial charge on any atom is -0.493 e. The lowest BCUT2D eigenvalue weighted by Gasteiger charge is -2.13. The van der Waals surface area contributed by atoms with Crippen molar-refractivity contribution in [1.82, 2.24) is 5.32 Å². The van der Waals surface area contributed by atoms with E-state index < -0.39 is 0 Å². The van der Waals surface area contributed by atoms with E-state index in [-0.39, 0.29) is 5.41 Å². The number of benzene rings is 1. The molecule has 3 nitrogen and oxygen atoms in total. The molecule has 0 amide bonds. The highest BCUT2D eigenvalue weighted by atomic mass is 16.5. The van der Waals surface area contributed by atoms with Gasteiger partial charge in [0.25, 0.3) is 0 Å². The molecule has 3 heteroatoms. The second-order valence-corrected chi connectivity index (χ2v) is 6.11. The number of hydrogen-bond donors (Lipinski definition) is 2. The highest BCUT2D eigenvalue weighted by Crippen LogP contribution is 2.44. The molecular formula is C16H25NO2. The predicted octanol–water partition coefficient (Wildman–Crippen LogP) is 2.58. The van der Waals surface area contributed by atoms with Gasteiger partial charge in [0.2, 0.25) is 0 Å². The van der Waals surface area contributed by atoms with Crippen LogP contribution in [0.5, 0.6) is 5.75 Å². The number of aliphatic hydroxyl groups excluding tert-OH is 1. The molecule has 1 aliphatic rings. The van der Waals surface area contributed by atoms with Crippen LogP contribution in [-0.4, -0.2) is 24.9 Å². The lowest BCUT2D eigenvalue weighted by atomic mass is 10.1. The maximum Gasteiger partial charge on any atom is 0.119 e. The van der Waals surface area contributed by atoms with Gasteiger partial charge in [0.15, 0.2) is 0 Å². The normalized spacial score (nSPS) is 16.6. The molecule has 0 unspecified atom stereocenters. The zero-order chi connectivity index (χ0) is 13.7. The molecule has 0 heterocycles. The lowest BCUT2D eigenvalue weighted by Crippen LogP contribution is -2.26. The van der Waals surface area contributed by atoms with Gasteiger partial charge in [0.1, 0.15) is 5.75 Å². The Morgan fingerprint density at radius 1 is 1.26 bits per heavy atom. The fourth-order valence-electron chi connectivity index (χ4n) is 2.01. The minimum absolute atomic E-state index is 0.181. The Labute approximate surface area is 116 Å². The molecule has 19 heavy (non-hydrogen) atoms. The third-order valence-corrected chi connectivity index (χ3v) is 3.63. The Morgan fingerprint density at radius 3 is 2.47 bits per heavy atom. The Morgan fingerprint density at radius 2 is 1.95 bits per heavy atom. The Bertz CT molecular complexity index is 382. The summed E-state index contributed by atoms with van der Waals surface area (Å²) >= 11 is 0. The Kier molecular flexibility index (Phi) is 4.83. The van der Waals surface area contributed by atoms with Crippen LogP contribution < -0.4 is 10.1 Å². The minimum atomic E-state index is 0.181. The zero-order valence-electron chi connectivity index (χ0n) is 12.0. The van der Waals surface area contributed by atoms with Crippen LogP contribution in [0, 0.1) is 11.3 Å². The molecule has 0 atom stereocenters. The quantitative estimate of drug-likeness (QED) is 0.757. The van der Waals surface area contributed by atoms with E-state index in [0.29, 0.717) is 12.5 Å². The van der Waals surface area contributed by atoms with Crippen molar-refractivity contribution in [2.75, 3.05) is 19.8 Å². The third kappa shape index (κ3) is 4.51. The van der Waals surface area contributed by atoms with Gasteiger partial charge in [-0.2, -0.15) is 0 Å². The van der Waals surface area contributed by atoms with Gasteiger partial charge in [-0.1, -0.05) is 26.0 Å². The van der Waals surface area contributed by atoms with E-state index in [1.165, 1.54) is 5.56 Å². The number of ether oxygens (including phenoxy) is 1. The highest BCUT2D eigenvalue weighted by molar-refractivity contribution is 5.27. The van der Waals surface area contributed by atoms with Crippen molar-refractivity contribution in [3.05, 3.63) is 29.8 Å². The van der Waals surface area contributed by atoms with Crippen molar-refractivity contribution in [2.45, 2.75) is 33.2 Å². The first-order valence-corrected chi connectivity index (χ1v) is 7.17. The molecule has 1 fully saturated rings. The predicted molar refractivity (Wildman–Crippen MR) is 77.2 cm³/mol. The molecule has 106 valence electrons. The third-order valence-electron chi connectivity index (χ3n) is 3.63. The van der Waals surface area contributed by atoms with E-state index in [9.17, 15) is 5.11 Å². The first-order valence-electron chi connectivity index (χ1n) is 7.17. The van der Waals surface area contributed by atoms with Crippen LogP contribution in [0.4, 0.5) is 0 Å². The molecule has 0 bridgehead atoms. The number of nitrogens with one attached hydrogen (secondary N) is 1. The van der Waals surface area contributed by atoms with Crippen LogP contribution in [0.3, 0.4) is 0 Å². The molecule has 0 aromatic heterocycles. The van der Waals surface area contributed by atoms with Gasteiger partial charge in [-0.15, -0.1) is 0 Å². The summed E-state index contributed by atoms with van der Waals surface area (Å²) in [6.07, 6.45) is 2.30. The molecule has 1 aromatic carbocycles. The SMILES string of the molecule is CC(C)COc1ccc(CNCC2(CO)CC2)cc1. The summed E-state index contributed by atoms with van der Waals surface area (Å²) in [5.74, 6) is 1.49. The van der Waals surface area contributed by atoms with Crippen LogP contribution in [0.25, 0.3) is 0 Å². The lowest BCUT2D eigenvalue weighted by molar-refractivity contribution is 0.207. The van der Waals surface area contributed by atoms with Gasteiger partial charge in [-0.25, -0.2) is 0 Å². The van der Waals surface area contributed by atoms with Crippen molar-refractivity contribution >= 4 is 0 Å². The average Bonchev–Trinajstić information content (AvgIpc) is 3.18. The summed E-state index contributed by atoms with van der Waals surface area (Å²) in [5.41, 5.74) is 1.44. The van der Waals surface area contributed by atoms with Crippen molar-refractivity contribution in [2.24, 2.45) is 11.3 Å². The Hall–Kier alpha value is -1.06. The standard InChI is InChI=1S/C16H25NO2/c1-13(2)10-19-15-5-3-14(4-6-15)9-17-11-16(12-18)7-8-16/h3-6,13,17-18H,7-12H2,1-2H3. The molecule has 0 spiro atoms.